The molecule has 2 heterocycles. The first-order valence-corrected chi connectivity index (χ1v) is 10.9. The second kappa shape index (κ2) is 8.45. The van der Waals surface area contributed by atoms with Crippen LogP contribution in [0, 0.1) is 0 Å². The number of hydrogen-bond acceptors (Lipinski definition) is 6. The van der Waals surface area contributed by atoms with Gasteiger partial charge in [0.1, 0.15) is 11.6 Å². The summed E-state index contributed by atoms with van der Waals surface area (Å²) in [5.74, 6) is 2.73. The van der Waals surface area contributed by atoms with Crippen molar-refractivity contribution in [2.45, 2.75) is 11.0 Å². The molecular formula is C23H17ClN4O2S. The summed E-state index contributed by atoms with van der Waals surface area (Å²) in [5.41, 5.74) is 3.81. The van der Waals surface area contributed by atoms with Gasteiger partial charge in [-0.25, -0.2) is 4.98 Å². The molecule has 2 aromatic heterocycles. The van der Waals surface area contributed by atoms with Crippen LogP contribution in [0.25, 0.3) is 28.2 Å². The Morgan fingerprint density at radius 3 is 2.52 bits per heavy atom. The minimum Gasteiger partial charge on any atom is -0.497 e. The summed E-state index contributed by atoms with van der Waals surface area (Å²) in [6, 6.07) is 23.3. The Morgan fingerprint density at radius 2 is 1.74 bits per heavy atom. The number of fused-ring (bicyclic) bond motifs is 1. The van der Waals surface area contributed by atoms with Crippen LogP contribution in [-0.2, 0) is 5.75 Å². The highest BCUT2D eigenvalue weighted by Crippen LogP contribution is 2.29. The van der Waals surface area contributed by atoms with Gasteiger partial charge in [0.05, 0.1) is 23.9 Å². The number of para-hydroxylation sites is 2. The first-order valence-electron chi connectivity index (χ1n) is 9.54. The molecule has 0 radical (unpaired) electrons. The Hall–Kier alpha value is -3.29. The Balaban J connectivity index is 1.43. The van der Waals surface area contributed by atoms with Gasteiger partial charge in [-0.15, -0.1) is 10.2 Å². The molecule has 31 heavy (non-hydrogen) atoms. The lowest BCUT2D eigenvalue weighted by atomic mass is 10.2. The maximum absolute atomic E-state index is 5.95. The number of halogens is 1. The van der Waals surface area contributed by atoms with E-state index in [0.717, 1.165) is 33.9 Å². The molecule has 5 rings (SSSR count). The monoisotopic (exact) mass is 448 g/mol. The SMILES string of the molecule is COc1ccc(-n2c(CSc3nnc(-c4ccc(Cl)cc4)o3)nc3ccccc32)cc1. The van der Waals surface area contributed by atoms with E-state index < -0.39 is 0 Å². The Labute approximate surface area is 187 Å². The van der Waals surface area contributed by atoms with E-state index in [0.29, 0.717) is 21.9 Å². The highest BCUT2D eigenvalue weighted by atomic mass is 35.5. The minimum absolute atomic E-state index is 0.461. The molecule has 0 bridgehead atoms. The predicted molar refractivity (Wildman–Crippen MR) is 122 cm³/mol. The van der Waals surface area contributed by atoms with Crippen molar-refractivity contribution in [3.05, 3.63) is 83.6 Å². The zero-order valence-electron chi connectivity index (χ0n) is 16.5. The number of rotatable bonds is 6. The lowest BCUT2D eigenvalue weighted by Crippen LogP contribution is -2.00. The van der Waals surface area contributed by atoms with E-state index in [2.05, 4.69) is 20.8 Å². The van der Waals surface area contributed by atoms with E-state index in [9.17, 15) is 0 Å². The smallest absolute Gasteiger partial charge is 0.277 e. The maximum atomic E-state index is 5.95. The number of methoxy groups -OCH3 is 1. The molecule has 6 nitrogen and oxygen atoms in total. The number of aromatic nitrogens is 4. The maximum Gasteiger partial charge on any atom is 0.277 e. The van der Waals surface area contributed by atoms with Crippen molar-refractivity contribution in [3.8, 4) is 22.9 Å². The highest BCUT2D eigenvalue weighted by molar-refractivity contribution is 7.98. The molecule has 0 N–H and O–H groups in total. The summed E-state index contributed by atoms with van der Waals surface area (Å²) in [6.07, 6.45) is 0. The Kier molecular flexibility index (Phi) is 5.36. The zero-order chi connectivity index (χ0) is 21.2. The van der Waals surface area contributed by atoms with Gasteiger partial charge in [0.25, 0.3) is 5.22 Å². The fourth-order valence-corrected chi connectivity index (χ4v) is 4.10. The van der Waals surface area contributed by atoms with Crippen LogP contribution in [0.2, 0.25) is 5.02 Å². The van der Waals surface area contributed by atoms with Gasteiger partial charge in [-0.3, -0.25) is 4.57 Å². The molecule has 0 aliphatic heterocycles. The van der Waals surface area contributed by atoms with E-state index in [1.54, 1.807) is 19.2 Å². The van der Waals surface area contributed by atoms with Crippen molar-refractivity contribution in [2.24, 2.45) is 0 Å². The summed E-state index contributed by atoms with van der Waals surface area (Å²) in [5, 5.41) is 9.46. The second-order valence-corrected chi connectivity index (χ2v) is 8.08. The summed E-state index contributed by atoms with van der Waals surface area (Å²) >= 11 is 7.40. The van der Waals surface area contributed by atoms with Crippen molar-refractivity contribution >= 4 is 34.4 Å². The quantitative estimate of drug-likeness (QED) is 0.295. The molecule has 0 aliphatic rings. The first kappa shape index (κ1) is 19.7. The lowest BCUT2D eigenvalue weighted by molar-refractivity contribution is 0.414. The summed E-state index contributed by atoms with van der Waals surface area (Å²) in [7, 11) is 1.66. The predicted octanol–water partition coefficient (Wildman–Crippen LogP) is 6.03. The molecule has 5 aromatic rings. The summed E-state index contributed by atoms with van der Waals surface area (Å²) < 4.78 is 13.3. The topological polar surface area (TPSA) is 66.0 Å². The molecule has 0 amide bonds. The van der Waals surface area contributed by atoms with Gasteiger partial charge in [-0.1, -0.05) is 35.5 Å². The standard InChI is InChI=1S/C23H17ClN4O2S/c1-29-18-12-10-17(11-13-18)28-20-5-3-2-4-19(20)25-21(28)14-31-23-27-26-22(30-23)15-6-8-16(24)9-7-15/h2-13H,14H2,1H3. The molecule has 0 atom stereocenters. The van der Waals surface area contributed by atoms with Crippen molar-refractivity contribution in [2.75, 3.05) is 7.11 Å². The molecule has 0 saturated heterocycles. The van der Waals surface area contributed by atoms with Gasteiger partial charge in [0.2, 0.25) is 5.89 Å². The normalized spacial score (nSPS) is 11.2. The van der Waals surface area contributed by atoms with E-state index in [-0.39, 0.29) is 0 Å². The molecule has 0 spiro atoms. The number of nitrogens with zero attached hydrogens (tertiary/aromatic N) is 4. The highest BCUT2D eigenvalue weighted by Gasteiger charge is 2.15. The van der Waals surface area contributed by atoms with Gasteiger partial charge >= 0.3 is 0 Å². The van der Waals surface area contributed by atoms with E-state index in [1.807, 2.05) is 54.6 Å². The van der Waals surface area contributed by atoms with Crippen LogP contribution in [0.5, 0.6) is 5.75 Å². The summed E-state index contributed by atoms with van der Waals surface area (Å²) in [4.78, 5) is 4.83. The van der Waals surface area contributed by atoms with Crippen LogP contribution >= 0.6 is 23.4 Å². The molecular weight excluding hydrogens is 432 g/mol. The average molecular weight is 449 g/mol. The third-order valence-corrected chi connectivity index (χ3v) is 5.85. The molecule has 0 fully saturated rings. The van der Waals surface area contributed by atoms with Crippen molar-refractivity contribution in [1.29, 1.82) is 0 Å². The molecule has 3 aromatic carbocycles. The second-order valence-electron chi connectivity index (χ2n) is 6.72. The van der Waals surface area contributed by atoms with Crippen LogP contribution in [0.4, 0.5) is 0 Å². The van der Waals surface area contributed by atoms with Gasteiger partial charge in [0.15, 0.2) is 0 Å². The van der Waals surface area contributed by atoms with Gasteiger partial charge in [-0.2, -0.15) is 0 Å². The molecule has 8 heteroatoms. The van der Waals surface area contributed by atoms with Gasteiger partial charge in [-0.05, 0) is 60.7 Å². The van der Waals surface area contributed by atoms with E-state index >= 15 is 0 Å². The first-order chi connectivity index (χ1) is 15.2. The average Bonchev–Trinajstić information content (AvgIpc) is 3.43. The van der Waals surface area contributed by atoms with Gasteiger partial charge < -0.3 is 9.15 Å². The number of thioether (sulfide) groups is 1. The minimum atomic E-state index is 0.461. The van der Waals surface area contributed by atoms with Crippen LogP contribution in [0.1, 0.15) is 5.82 Å². The summed E-state index contributed by atoms with van der Waals surface area (Å²) in [6.45, 7) is 0. The van der Waals surface area contributed by atoms with Crippen molar-refractivity contribution in [1.82, 2.24) is 19.7 Å². The lowest BCUT2D eigenvalue weighted by Gasteiger charge is -2.09. The van der Waals surface area contributed by atoms with E-state index in [4.69, 9.17) is 25.7 Å². The van der Waals surface area contributed by atoms with Crippen molar-refractivity contribution in [3.63, 3.8) is 0 Å². The Morgan fingerprint density at radius 1 is 0.968 bits per heavy atom. The molecule has 0 saturated carbocycles. The third kappa shape index (κ3) is 4.02. The van der Waals surface area contributed by atoms with Crippen LogP contribution in [0.3, 0.4) is 0 Å². The van der Waals surface area contributed by atoms with Crippen LogP contribution in [-0.4, -0.2) is 26.9 Å². The molecule has 154 valence electrons. The number of ether oxygens (including phenoxy) is 1. The van der Waals surface area contributed by atoms with Crippen LogP contribution < -0.4 is 4.74 Å². The fourth-order valence-electron chi connectivity index (χ4n) is 3.30. The third-order valence-electron chi connectivity index (χ3n) is 4.78. The van der Waals surface area contributed by atoms with Gasteiger partial charge in [0, 0.05) is 16.3 Å². The fraction of sp³-hybridized carbons (Fsp3) is 0.0870. The van der Waals surface area contributed by atoms with E-state index in [1.165, 1.54) is 11.8 Å². The number of imidazole rings is 1. The zero-order valence-corrected chi connectivity index (χ0v) is 18.1. The Bertz CT molecular complexity index is 1330. The largest absolute Gasteiger partial charge is 0.497 e. The number of hydrogen-bond donors (Lipinski definition) is 0. The van der Waals surface area contributed by atoms with Crippen LogP contribution in [0.15, 0.2) is 82.4 Å². The number of benzene rings is 3. The molecule has 0 aliphatic carbocycles. The van der Waals surface area contributed by atoms with Crippen molar-refractivity contribution < 1.29 is 9.15 Å². The molecule has 0 unspecified atom stereocenters.